The van der Waals surface area contributed by atoms with Crippen LogP contribution in [0.25, 0.3) is 0 Å². The van der Waals surface area contributed by atoms with Crippen LogP contribution in [0.2, 0.25) is 0 Å². The minimum atomic E-state index is -0.0488. The molecule has 0 amide bonds. The molecule has 0 radical (unpaired) electrons. The summed E-state index contributed by atoms with van der Waals surface area (Å²) >= 11 is 0. The fourth-order valence-electron chi connectivity index (χ4n) is 2.00. The molecule has 94 valence electrons. The highest BCUT2D eigenvalue weighted by Gasteiger charge is 2.15. The highest BCUT2D eigenvalue weighted by molar-refractivity contribution is 5.30. The average Bonchev–Trinajstić information content (AvgIpc) is 2.83. The molecule has 0 aliphatic carbocycles. The van der Waals surface area contributed by atoms with Crippen LogP contribution < -0.4 is 10.9 Å². The quantitative estimate of drug-likeness (QED) is 0.837. The Morgan fingerprint density at radius 3 is 3.24 bits per heavy atom. The van der Waals surface area contributed by atoms with Gasteiger partial charge in [0.1, 0.15) is 0 Å². The van der Waals surface area contributed by atoms with Gasteiger partial charge < -0.3 is 14.6 Å². The van der Waals surface area contributed by atoms with E-state index in [4.69, 9.17) is 4.74 Å². The zero-order chi connectivity index (χ0) is 12.1. The molecule has 0 saturated carbocycles. The molecule has 1 unspecified atom stereocenters. The third kappa shape index (κ3) is 3.06. The first kappa shape index (κ1) is 12.1. The zero-order valence-corrected chi connectivity index (χ0v) is 10.2. The maximum atomic E-state index is 12.0. The summed E-state index contributed by atoms with van der Waals surface area (Å²) in [4.78, 5) is 16.0. The van der Waals surface area contributed by atoms with Gasteiger partial charge in [0.2, 0.25) is 0 Å². The largest absolute Gasteiger partial charge is 0.376 e. The van der Waals surface area contributed by atoms with Gasteiger partial charge in [-0.25, -0.2) is 4.98 Å². The molecule has 0 bridgehead atoms. The fourth-order valence-corrected chi connectivity index (χ4v) is 2.00. The van der Waals surface area contributed by atoms with Crippen LogP contribution in [-0.2, 0) is 11.3 Å². The smallest absolute Gasteiger partial charge is 0.293 e. The fraction of sp³-hybridized carbons (Fsp3) is 0.667. The van der Waals surface area contributed by atoms with E-state index in [1.54, 1.807) is 17.0 Å². The normalized spacial score (nSPS) is 19.5. The van der Waals surface area contributed by atoms with E-state index >= 15 is 0 Å². The lowest BCUT2D eigenvalue weighted by atomic mass is 10.2. The number of rotatable bonds is 5. The maximum absolute atomic E-state index is 12.0. The summed E-state index contributed by atoms with van der Waals surface area (Å²) in [6.45, 7) is 4.27. The van der Waals surface area contributed by atoms with Crippen molar-refractivity contribution in [2.24, 2.45) is 0 Å². The molecule has 1 aromatic heterocycles. The second-order valence-corrected chi connectivity index (χ2v) is 4.29. The Morgan fingerprint density at radius 2 is 2.53 bits per heavy atom. The van der Waals surface area contributed by atoms with Gasteiger partial charge in [-0.05, 0) is 19.3 Å². The van der Waals surface area contributed by atoms with Crippen molar-refractivity contribution in [2.75, 3.05) is 18.5 Å². The summed E-state index contributed by atoms with van der Waals surface area (Å²) in [6.07, 6.45) is 6.71. The zero-order valence-electron chi connectivity index (χ0n) is 10.2. The van der Waals surface area contributed by atoms with E-state index in [0.29, 0.717) is 12.4 Å². The lowest BCUT2D eigenvalue weighted by molar-refractivity contribution is 0.120. The predicted molar refractivity (Wildman–Crippen MR) is 66.3 cm³/mol. The number of aryl methyl sites for hydroxylation is 1. The Labute approximate surface area is 101 Å². The van der Waals surface area contributed by atoms with Crippen molar-refractivity contribution in [3.63, 3.8) is 0 Å². The Hall–Kier alpha value is -1.36. The average molecular weight is 237 g/mol. The predicted octanol–water partition coefficient (Wildman–Crippen LogP) is 1.24. The molecule has 2 heterocycles. The summed E-state index contributed by atoms with van der Waals surface area (Å²) in [5.74, 6) is 0.427. The van der Waals surface area contributed by atoms with Gasteiger partial charge in [0.15, 0.2) is 5.82 Å². The number of hydrogen-bond donors (Lipinski definition) is 1. The molecule has 5 nitrogen and oxygen atoms in total. The maximum Gasteiger partial charge on any atom is 0.293 e. The van der Waals surface area contributed by atoms with E-state index in [1.165, 1.54) is 0 Å². The molecule has 1 aliphatic heterocycles. The van der Waals surface area contributed by atoms with E-state index in [-0.39, 0.29) is 11.7 Å². The first-order valence-electron chi connectivity index (χ1n) is 6.22. The Balaban J connectivity index is 1.99. The van der Waals surface area contributed by atoms with E-state index in [0.717, 1.165) is 32.4 Å². The number of nitrogens with one attached hydrogen (secondary N) is 1. The molecule has 0 spiro atoms. The van der Waals surface area contributed by atoms with Crippen molar-refractivity contribution < 1.29 is 4.74 Å². The molecule has 1 atom stereocenters. The summed E-state index contributed by atoms with van der Waals surface area (Å²) in [7, 11) is 0. The van der Waals surface area contributed by atoms with Gasteiger partial charge in [-0.3, -0.25) is 4.79 Å². The molecule has 5 heteroatoms. The molecule has 0 aromatic carbocycles. The molecule has 2 rings (SSSR count). The van der Waals surface area contributed by atoms with Crippen LogP contribution in [0.5, 0.6) is 0 Å². The van der Waals surface area contributed by atoms with Crippen LogP contribution in [0.15, 0.2) is 17.2 Å². The summed E-state index contributed by atoms with van der Waals surface area (Å²) in [5, 5.41) is 3.08. The van der Waals surface area contributed by atoms with Gasteiger partial charge in [-0.2, -0.15) is 0 Å². The summed E-state index contributed by atoms with van der Waals surface area (Å²) < 4.78 is 7.18. The molecule has 1 fully saturated rings. The number of anilines is 1. The van der Waals surface area contributed by atoms with Gasteiger partial charge in [0.05, 0.1) is 6.10 Å². The first-order chi connectivity index (χ1) is 8.31. The lowest BCUT2D eigenvalue weighted by Gasteiger charge is -2.11. The van der Waals surface area contributed by atoms with Crippen molar-refractivity contribution in [2.45, 2.75) is 38.8 Å². The third-order valence-corrected chi connectivity index (χ3v) is 2.90. The van der Waals surface area contributed by atoms with E-state index < -0.39 is 0 Å². The monoisotopic (exact) mass is 237 g/mol. The lowest BCUT2D eigenvalue weighted by Crippen LogP contribution is -2.27. The second-order valence-electron chi connectivity index (χ2n) is 4.29. The van der Waals surface area contributed by atoms with Gasteiger partial charge in [-0.1, -0.05) is 6.92 Å². The minimum Gasteiger partial charge on any atom is -0.376 e. The van der Waals surface area contributed by atoms with Gasteiger partial charge in [0, 0.05) is 32.1 Å². The van der Waals surface area contributed by atoms with E-state index in [9.17, 15) is 4.79 Å². The van der Waals surface area contributed by atoms with Crippen LogP contribution in [0.4, 0.5) is 5.82 Å². The Morgan fingerprint density at radius 1 is 1.65 bits per heavy atom. The van der Waals surface area contributed by atoms with Crippen molar-refractivity contribution in [1.82, 2.24) is 9.55 Å². The van der Waals surface area contributed by atoms with Crippen LogP contribution in [0.3, 0.4) is 0 Å². The molecule has 1 saturated heterocycles. The Kier molecular flexibility index (Phi) is 4.14. The van der Waals surface area contributed by atoms with Crippen molar-refractivity contribution in [3.8, 4) is 0 Å². The van der Waals surface area contributed by atoms with Crippen molar-refractivity contribution >= 4 is 5.82 Å². The molecular formula is C12H19N3O2. The van der Waals surface area contributed by atoms with E-state index in [1.807, 2.05) is 6.92 Å². The highest BCUT2D eigenvalue weighted by Crippen LogP contribution is 2.11. The number of hydrogen-bond acceptors (Lipinski definition) is 4. The first-order valence-corrected chi connectivity index (χ1v) is 6.22. The molecule has 17 heavy (non-hydrogen) atoms. The standard InChI is InChI=1S/C12H19N3O2/c1-2-6-15-7-5-13-11(12(15)16)14-9-10-4-3-8-17-10/h5,7,10H,2-4,6,8-9H2,1H3,(H,13,14). The van der Waals surface area contributed by atoms with Crippen LogP contribution >= 0.6 is 0 Å². The number of aromatic nitrogens is 2. The molecule has 1 N–H and O–H groups in total. The third-order valence-electron chi connectivity index (χ3n) is 2.90. The van der Waals surface area contributed by atoms with Gasteiger partial charge in [-0.15, -0.1) is 0 Å². The van der Waals surface area contributed by atoms with Crippen molar-refractivity contribution in [1.29, 1.82) is 0 Å². The molecular weight excluding hydrogens is 218 g/mol. The van der Waals surface area contributed by atoms with E-state index in [2.05, 4.69) is 10.3 Å². The van der Waals surface area contributed by atoms with Crippen LogP contribution in [0.1, 0.15) is 26.2 Å². The Bertz CT molecular complexity index is 410. The summed E-state index contributed by atoms with van der Waals surface area (Å²) in [6, 6.07) is 0. The van der Waals surface area contributed by atoms with Crippen LogP contribution in [0, 0.1) is 0 Å². The van der Waals surface area contributed by atoms with Gasteiger partial charge >= 0.3 is 0 Å². The second kappa shape index (κ2) is 5.82. The minimum absolute atomic E-state index is 0.0488. The number of ether oxygens (including phenoxy) is 1. The summed E-state index contributed by atoms with van der Waals surface area (Å²) in [5.41, 5.74) is -0.0488. The SMILES string of the molecule is CCCn1ccnc(NCC2CCCO2)c1=O. The topological polar surface area (TPSA) is 56.1 Å². The molecule has 1 aromatic rings. The van der Waals surface area contributed by atoms with Gasteiger partial charge in [0.25, 0.3) is 5.56 Å². The molecule has 1 aliphatic rings. The number of nitrogens with zero attached hydrogens (tertiary/aromatic N) is 2. The highest BCUT2D eigenvalue weighted by atomic mass is 16.5. The van der Waals surface area contributed by atoms with Crippen molar-refractivity contribution in [3.05, 3.63) is 22.7 Å². The van der Waals surface area contributed by atoms with Crippen LogP contribution in [-0.4, -0.2) is 28.8 Å².